The van der Waals surface area contributed by atoms with Gasteiger partial charge in [-0.25, -0.2) is 0 Å². The van der Waals surface area contributed by atoms with Gasteiger partial charge in [-0.05, 0) is 24.5 Å². The molecule has 0 saturated carbocycles. The van der Waals surface area contributed by atoms with Gasteiger partial charge in [-0.3, -0.25) is 9.78 Å². The quantitative estimate of drug-likeness (QED) is 0.860. The van der Waals surface area contributed by atoms with Gasteiger partial charge in [0.15, 0.2) is 0 Å². The molecule has 1 saturated heterocycles. The van der Waals surface area contributed by atoms with Crippen LogP contribution in [0.2, 0.25) is 0 Å². The smallest absolute Gasteiger partial charge is 0.272 e. The van der Waals surface area contributed by atoms with Crippen LogP contribution in [0.1, 0.15) is 28.9 Å². The Kier molecular flexibility index (Phi) is 4.28. The summed E-state index contributed by atoms with van der Waals surface area (Å²) in [5.41, 5.74) is 6.91. The largest absolute Gasteiger partial charge is 0.381 e. The molecule has 0 bridgehead atoms. The second-order valence-electron chi connectivity index (χ2n) is 4.52. The van der Waals surface area contributed by atoms with E-state index in [4.69, 9.17) is 10.5 Å². The van der Waals surface area contributed by atoms with E-state index in [-0.39, 0.29) is 11.9 Å². The van der Waals surface area contributed by atoms with Crippen LogP contribution in [0.4, 0.5) is 0 Å². The fourth-order valence-corrected chi connectivity index (χ4v) is 2.09. The van der Waals surface area contributed by atoms with E-state index in [0.717, 1.165) is 31.6 Å². The number of rotatable bonds is 3. The molecule has 2 N–H and O–H groups in total. The van der Waals surface area contributed by atoms with Gasteiger partial charge >= 0.3 is 0 Å². The Morgan fingerprint density at radius 3 is 2.78 bits per heavy atom. The van der Waals surface area contributed by atoms with Gasteiger partial charge in [0.2, 0.25) is 0 Å². The molecule has 1 fully saturated rings. The molecule has 0 atom stereocenters. The molecule has 2 rings (SSSR count). The standard InChI is InChI=1S/C13H19N3O2/c1-16(11-4-6-18-7-5-11)13(17)12-3-2-10(8-14)9-15-12/h2-3,9,11H,4-8,14H2,1H3. The van der Waals surface area contributed by atoms with Gasteiger partial charge in [-0.1, -0.05) is 6.07 Å². The van der Waals surface area contributed by atoms with Crippen molar-refractivity contribution in [2.75, 3.05) is 20.3 Å². The third kappa shape index (κ3) is 2.86. The predicted octanol–water partition coefficient (Wildman–Crippen LogP) is 0.791. The number of hydrogen-bond donors (Lipinski definition) is 1. The lowest BCUT2D eigenvalue weighted by atomic mass is 10.1. The molecule has 1 aromatic heterocycles. The molecule has 1 aliphatic rings. The normalized spacial score (nSPS) is 16.6. The zero-order valence-electron chi connectivity index (χ0n) is 10.6. The van der Waals surface area contributed by atoms with Crippen molar-refractivity contribution in [1.29, 1.82) is 0 Å². The second-order valence-corrected chi connectivity index (χ2v) is 4.52. The number of ether oxygens (including phenoxy) is 1. The molecule has 0 spiro atoms. The van der Waals surface area contributed by atoms with Gasteiger partial charge in [0.1, 0.15) is 5.69 Å². The molecule has 0 aliphatic carbocycles. The zero-order chi connectivity index (χ0) is 13.0. The summed E-state index contributed by atoms with van der Waals surface area (Å²) in [5.74, 6) is -0.0366. The number of nitrogens with zero attached hydrogens (tertiary/aromatic N) is 2. The highest BCUT2D eigenvalue weighted by Gasteiger charge is 2.23. The van der Waals surface area contributed by atoms with Crippen LogP contribution in [0.25, 0.3) is 0 Å². The van der Waals surface area contributed by atoms with Gasteiger partial charge in [-0.15, -0.1) is 0 Å². The number of aromatic nitrogens is 1. The number of amides is 1. The molecule has 1 aliphatic heterocycles. The number of pyridine rings is 1. The summed E-state index contributed by atoms with van der Waals surface area (Å²) in [7, 11) is 1.83. The Morgan fingerprint density at radius 1 is 1.50 bits per heavy atom. The van der Waals surface area contributed by atoms with Gasteiger partial charge < -0.3 is 15.4 Å². The SMILES string of the molecule is CN(C(=O)c1ccc(CN)cn1)C1CCOCC1. The zero-order valence-corrected chi connectivity index (χ0v) is 10.6. The first-order valence-corrected chi connectivity index (χ1v) is 6.22. The number of carbonyl (C=O) groups excluding carboxylic acids is 1. The van der Waals surface area contributed by atoms with E-state index in [2.05, 4.69) is 4.98 Å². The minimum Gasteiger partial charge on any atom is -0.381 e. The Labute approximate surface area is 107 Å². The van der Waals surface area contributed by atoms with E-state index < -0.39 is 0 Å². The molecule has 2 heterocycles. The van der Waals surface area contributed by atoms with E-state index >= 15 is 0 Å². The molecular formula is C13H19N3O2. The number of nitrogens with two attached hydrogens (primary N) is 1. The molecule has 1 aromatic rings. The van der Waals surface area contributed by atoms with Crippen molar-refractivity contribution < 1.29 is 9.53 Å². The molecular weight excluding hydrogens is 230 g/mol. The number of hydrogen-bond acceptors (Lipinski definition) is 4. The van der Waals surface area contributed by atoms with E-state index in [0.29, 0.717) is 12.2 Å². The Morgan fingerprint density at radius 2 is 2.22 bits per heavy atom. The van der Waals surface area contributed by atoms with Gasteiger partial charge in [-0.2, -0.15) is 0 Å². The van der Waals surface area contributed by atoms with Crippen LogP contribution in [0.3, 0.4) is 0 Å². The lowest BCUT2D eigenvalue weighted by Gasteiger charge is -2.31. The van der Waals surface area contributed by atoms with Gasteiger partial charge in [0, 0.05) is 39.0 Å². The Hall–Kier alpha value is -1.46. The van der Waals surface area contributed by atoms with Crippen LogP contribution in [-0.2, 0) is 11.3 Å². The van der Waals surface area contributed by atoms with E-state index in [1.807, 2.05) is 13.1 Å². The van der Waals surface area contributed by atoms with Crippen molar-refractivity contribution in [3.63, 3.8) is 0 Å². The van der Waals surface area contributed by atoms with Gasteiger partial charge in [0.05, 0.1) is 0 Å². The first-order valence-electron chi connectivity index (χ1n) is 6.22. The molecule has 1 amide bonds. The highest BCUT2D eigenvalue weighted by Crippen LogP contribution is 2.15. The lowest BCUT2D eigenvalue weighted by molar-refractivity contribution is 0.0359. The lowest BCUT2D eigenvalue weighted by Crippen LogP contribution is -2.40. The molecule has 0 unspecified atom stereocenters. The Balaban J connectivity index is 2.04. The fraction of sp³-hybridized carbons (Fsp3) is 0.538. The third-order valence-electron chi connectivity index (χ3n) is 3.34. The van der Waals surface area contributed by atoms with Crippen LogP contribution >= 0.6 is 0 Å². The topological polar surface area (TPSA) is 68.5 Å². The van der Waals surface area contributed by atoms with Crippen molar-refractivity contribution in [2.24, 2.45) is 5.73 Å². The summed E-state index contributed by atoms with van der Waals surface area (Å²) in [6.45, 7) is 1.89. The van der Waals surface area contributed by atoms with Crippen molar-refractivity contribution in [3.8, 4) is 0 Å². The summed E-state index contributed by atoms with van der Waals surface area (Å²) in [6.07, 6.45) is 3.44. The van der Waals surface area contributed by atoms with Crippen LogP contribution in [-0.4, -0.2) is 42.1 Å². The third-order valence-corrected chi connectivity index (χ3v) is 3.34. The van der Waals surface area contributed by atoms with Crippen LogP contribution < -0.4 is 5.73 Å². The molecule has 5 heteroatoms. The van der Waals surface area contributed by atoms with Crippen molar-refractivity contribution >= 4 is 5.91 Å². The molecule has 98 valence electrons. The highest BCUT2D eigenvalue weighted by atomic mass is 16.5. The van der Waals surface area contributed by atoms with Crippen molar-refractivity contribution in [1.82, 2.24) is 9.88 Å². The minimum absolute atomic E-state index is 0.0366. The van der Waals surface area contributed by atoms with E-state index in [1.54, 1.807) is 17.2 Å². The average molecular weight is 249 g/mol. The summed E-state index contributed by atoms with van der Waals surface area (Å²) < 4.78 is 5.30. The summed E-state index contributed by atoms with van der Waals surface area (Å²) in [6, 6.07) is 3.83. The molecule has 0 aromatic carbocycles. The van der Waals surface area contributed by atoms with Crippen molar-refractivity contribution in [3.05, 3.63) is 29.6 Å². The van der Waals surface area contributed by atoms with Gasteiger partial charge in [0.25, 0.3) is 5.91 Å². The van der Waals surface area contributed by atoms with Crippen LogP contribution in [0.15, 0.2) is 18.3 Å². The molecule has 0 radical (unpaired) electrons. The van der Waals surface area contributed by atoms with E-state index in [1.165, 1.54) is 0 Å². The maximum Gasteiger partial charge on any atom is 0.272 e. The van der Waals surface area contributed by atoms with Crippen molar-refractivity contribution in [2.45, 2.75) is 25.4 Å². The predicted molar refractivity (Wildman–Crippen MR) is 68.1 cm³/mol. The summed E-state index contributed by atoms with van der Waals surface area (Å²) in [4.78, 5) is 18.2. The maximum absolute atomic E-state index is 12.2. The fourth-order valence-electron chi connectivity index (χ4n) is 2.09. The molecule has 18 heavy (non-hydrogen) atoms. The average Bonchev–Trinajstić information content (AvgIpc) is 2.47. The van der Waals surface area contributed by atoms with Crippen LogP contribution in [0, 0.1) is 0 Å². The highest BCUT2D eigenvalue weighted by molar-refractivity contribution is 5.92. The monoisotopic (exact) mass is 249 g/mol. The summed E-state index contributed by atoms with van der Waals surface area (Å²) in [5, 5.41) is 0. The number of carbonyl (C=O) groups is 1. The second kappa shape index (κ2) is 5.93. The first-order chi connectivity index (χ1) is 8.72. The maximum atomic E-state index is 12.2. The van der Waals surface area contributed by atoms with E-state index in [9.17, 15) is 4.79 Å². The Bertz CT molecular complexity index is 399. The summed E-state index contributed by atoms with van der Waals surface area (Å²) >= 11 is 0. The van der Waals surface area contributed by atoms with Crippen LogP contribution in [0.5, 0.6) is 0 Å². The first kappa shape index (κ1) is 13.0. The molecule has 5 nitrogen and oxygen atoms in total. The minimum atomic E-state index is -0.0366.